The van der Waals surface area contributed by atoms with Crippen molar-refractivity contribution in [1.82, 2.24) is 13.6 Å². The minimum Gasteiger partial charge on any atom is -0.494 e. The largest absolute Gasteiger partial charge is 0.494 e. The lowest BCUT2D eigenvalue weighted by Crippen LogP contribution is -2.18. The van der Waals surface area contributed by atoms with Gasteiger partial charge in [0.15, 0.2) is 11.6 Å². The third kappa shape index (κ3) is 4.80. The van der Waals surface area contributed by atoms with Gasteiger partial charge in [0, 0.05) is 13.1 Å². The first-order valence-corrected chi connectivity index (χ1v) is 8.80. The molecule has 0 radical (unpaired) electrons. The molecule has 3 N–H and O–H groups in total. The van der Waals surface area contributed by atoms with Crippen molar-refractivity contribution >= 4 is 23.4 Å². The Morgan fingerprint density at radius 3 is 2.91 bits per heavy atom. The molecule has 3 rings (SSSR count). The monoisotopic (exact) mass is 333 g/mol. The first-order chi connectivity index (χ1) is 11.3. The number of benzene rings is 1. The molecule has 1 fully saturated rings. The van der Waals surface area contributed by atoms with Gasteiger partial charge in [-0.2, -0.15) is 8.75 Å². The van der Waals surface area contributed by atoms with Crippen molar-refractivity contribution in [2.45, 2.75) is 25.8 Å². The molecule has 2 aromatic rings. The van der Waals surface area contributed by atoms with E-state index in [9.17, 15) is 0 Å². The van der Waals surface area contributed by atoms with Gasteiger partial charge in [0.25, 0.3) is 0 Å². The molecule has 2 heterocycles. The van der Waals surface area contributed by atoms with E-state index in [-0.39, 0.29) is 0 Å². The van der Waals surface area contributed by atoms with Crippen molar-refractivity contribution in [3.05, 3.63) is 29.8 Å². The van der Waals surface area contributed by atoms with Gasteiger partial charge in [-0.25, -0.2) is 0 Å². The molecule has 23 heavy (non-hydrogen) atoms. The lowest BCUT2D eigenvalue weighted by atomic mass is 10.2. The number of hydrogen-bond donors (Lipinski definition) is 2. The van der Waals surface area contributed by atoms with E-state index in [0.717, 1.165) is 37.0 Å². The van der Waals surface area contributed by atoms with Gasteiger partial charge in [-0.3, -0.25) is 4.90 Å². The van der Waals surface area contributed by atoms with Crippen LogP contribution in [0.25, 0.3) is 0 Å². The van der Waals surface area contributed by atoms with Crippen LogP contribution < -0.4 is 15.8 Å². The Morgan fingerprint density at radius 1 is 1.26 bits per heavy atom. The van der Waals surface area contributed by atoms with E-state index in [1.807, 2.05) is 6.07 Å². The number of anilines is 2. The summed E-state index contributed by atoms with van der Waals surface area (Å²) in [5.41, 5.74) is 6.99. The predicted molar refractivity (Wildman–Crippen MR) is 93.9 cm³/mol. The number of nitrogens with one attached hydrogen (secondary N) is 1. The maximum Gasteiger partial charge on any atom is 0.184 e. The van der Waals surface area contributed by atoms with Crippen LogP contribution in [0.4, 0.5) is 11.6 Å². The quantitative estimate of drug-likeness (QED) is 0.723. The number of ether oxygens (including phenoxy) is 1. The summed E-state index contributed by atoms with van der Waals surface area (Å²) >= 11 is 1.12. The second-order valence-corrected chi connectivity index (χ2v) is 6.29. The number of nitrogens with two attached hydrogens (primary N) is 1. The van der Waals surface area contributed by atoms with Gasteiger partial charge in [0.1, 0.15) is 5.75 Å². The van der Waals surface area contributed by atoms with Crippen molar-refractivity contribution < 1.29 is 4.74 Å². The van der Waals surface area contributed by atoms with Crippen LogP contribution in [0, 0.1) is 0 Å². The fourth-order valence-electron chi connectivity index (χ4n) is 2.72. The fraction of sp³-hybridized carbons (Fsp3) is 0.500. The van der Waals surface area contributed by atoms with Gasteiger partial charge in [0.2, 0.25) is 0 Å². The summed E-state index contributed by atoms with van der Waals surface area (Å²) in [6, 6.07) is 8.41. The van der Waals surface area contributed by atoms with Gasteiger partial charge < -0.3 is 15.8 Å². The molecular weight excluding hydrogens is 310 g/mol. The molecular formula is C16H23N5OS. The summed E-state index contributed by atoms with van der Waals surface area (Å²) in [5, 5.41) is 3.16. The van der Waals surface area contributed by atoms with Crippen LogP contribution in [0.2, 0.25) is 0 Å². The van der Waals surface area contributed by atoms with Crippen molar-refractivity contribution in [1.29, 1.82) is 0 Å². The molecule has 1 aliphatic heterocycles. The van der Waals surface area contributed by atoms with E-state index in [2.05, 4.69) is 37.2 Å². The van der Waals surface area contributed by atoms with E-state index in [1.54, 1.807) is 0 Å². The van der Waals surface area contributed by atoms with E-state index in [4.69, 9.17) is 10.5 Å². The van der Waals surface area contributed by atoms with Crippen LogP contribution in [0.5, 0.6) is 5.75 Å². The first kappa shape index (κ1) is 16.0. The summed E-state index contributed by atoms with van der Waals surface area (Å²) in [6.45, 7) is 4.88. The zero-order chi connectivity index (χ0) is 15.9. The number of hydrogen-bond acceptors (Lipinski definition) is 7. The summed E-state index contributed by atoms with van der Waals surface area (Å²) in [6.07, 6.45) is 3.53. The summed E-state index contributed by atoms with van der Waals surface area (Å²) in [4.78, 5) is 2.50. The number of likely N-dealkylation sites (tertiary alicyclic amines) is 1. The molecule has 1 aromatic carbocycles. The molecule has 0 aliphatic carbocycles. The van der Waals surface area contributed by atoms with Gasteiger partial charge in [-0.1, -0.05) is 12.1 Å². The smallest absolute Gasteiger partial charge is 0.184 e. The Kier molecular flexibility index (Phi) is 5.65. The second-order valence-electron chi connectivity index (χ2n) is 5.76. The molecule has 0 saturated carbocycles. The van der Waals surface area contributed by atoms with E-state index < -0.39 is 0 Å². The Balaban J connectivity index is 1.38. The van der Waals surface area contributed by atoms with E-state index >= 15 is 0 Å². The molecule has 7 heteroatoms. The lowest BCUT2D eigenvalue weighted by molar-refractivity contribution is 0.311. The van der Waals surface area contributed by atoms with Crippen molar-refractivity contribution in [2.24, 2.45) is 0 Å². The number of aromatic nitrogens is 2. The number of nitrogens with zero attached hydrogens (tertiary/aromatic N) is 3. The SMILES string of the molecule is Nc1nsnc1NCCCOc1cccc(CN2CCCC2)c1. The Bertz CT molecular complexity index is 612. The topological polar surface area (TPSA) is 76.3 Å². The minimum absolute atomic E-state index is 0.463. The number of nitrogen functional groups attached to an aromatic ring is 1. The van der Waals surface area contributed by atoms with E-state index in [1.165, 1.54) is 31.5 Å². The first-order valence-electron chi connectivity index (χ1n) is 8.07. The van der Waals surface area contributed by atoms with Crippen LogP contribution in [-0.2, 0) is 6.54 Å². The molecule has 0 bridgehead atoms. The average molecular weight is 333 g/mol. The Hall–Kier alpha value is -1.86. The molecule has 6 nitrogen and oxygen atoms in total. The maximum absolute atomic E-state index is 5.84. The van der Waals surface area contributed by atoms with Crippen LogP contribution in [0.3, 0.4) is 0 Å². The molecule has 1 saturated heterocycles. The standard InChI is InChI=1S/C16H23N5OS/c17-15-16(20-23-19-15)18-7-4-10-22-14-6-3-5-13(11-14)12-21-8-1-2-9-21/h3,5-6,11H,1-2,4,7-10,12H2,(H2,17,19)(H,18,20). The van der Waals surface area contributed by atoms with Crippen molar-refractivity contribution in [3.8, 4) is 5.75 Å². The fourth-order valence-corrected chi connectivity index (χ4v) is 3.17. The molecule has 1 aromatic heterocycles. The molecule has 0 atom stereocenters. The lowest BCUT2D eigenvalue weighted by Gasteiger charge is -2.15. The Labute approximate surface area is 141 Å². The van der Waals surface area contributed by atoms with Crippen LogP contribution in [0.15, 0.2) is 24.3 Å². The van der Waals surface area contributed by atoms with Gasteiger partial charge >= 0.3 is 0 Å². The zero-order valence-corrected chi connectivity index (χ0v) is 14.0. The zero-order valence-electron chi connectivity index (χ0n) is 13.2. The van der Waals surface area contributed by atoms with E-state index in [0.29, 0.717) is 18.2 Å². The third-order valence-electron chi connectivity index (χ3n) is 3.90. The van der Waals surface area contributed by atoms with Gasteiger partial charge in [-0.05, 0) is 50.0 Å². The second kappa shape index (κ2) is 8.12. The molecule has 124 valence electrons. The average Bonchev–Trinajstić information content (AvgIpc) is 3.20. The third-order valence-corrected chi connectivity index (χ3v) is 4.44. The van der Waals surface area contributed by atoms with Gasteiger partial charge in [0.05, 0.1) is 18.3 Å². The van der Waals surface area contributed by atoms with Crippen LogP contribution >= 0.6 is 11.7 Å². The van der Waals surface area contributed by atoms with Gasteiger partial charge in [-0.15, -0.1) is 0 Å². The van der Waals surface area contributed by atoms with Crippen LogP contribution in [0.1, 0.15) is 24.8 Å². The summed E-state index contributed by atoms with van der Waals surface area (Å²) < 4.78 is 13.8. The highest BCUT2D eigenvalue weighted by atomic mass is 32.1. The Morgan fingerprint density at radius 2 is 2.13 bits per heavy atom. The summed E-state index contributed by atoms with van der Waals surface area (Å²) in [5.74, 6) is 2.07. The predicted octanol–water partition coefficient (Wildman–Crippen LogP) is 2.60. The number of rotatable bonds is 8. The normalized spacial score (nSPS) is 15.0. The van der Waals surface area contributed by atoms with Crippen molar-refractivity contribution in [2.75, 3.05) is 37.3 Å². The summed E-state index contributed by atoms with van der Waals surface area (Å²) in [7, 11) is 0. The highest BCUT2D eigenvalue weighted by molar-refractivity contribution is 6.99. The molecule has 1 aliphatic rings. The van der Waals surface area contributed by atoms with Crippen molar-refractivity contribution in [3.63, 3.8) is 0 Å². The van der Waals surface area contributed by atoms with Crippen LogP contribution in [-0.4, -0.2) is 39.9 Å². The minimum atomic E-state index is 0.463. The molecule has 0 unspecified atom stereocenters. The highest BCUT2D eigenvalue weighted by Gasteiger charge is 2.11. The molecule has 0 spiro atoms. The maximum atomic E-state index is 5.84. The molecule has 0 amide bonds. The highest BCUT2D eigenvalue weighted by Crippen LogP contribution is 2.18.